The van der Waals surface area contributed by atoms with Crippen molar-refractivity contribution >= 4 is 11.8 Å². The number of hydrogen-bond acceptors (Lipinski definition) is 3. The summed E-state index contributed by atoms with van der Waals surface area (Å²) in [5.41, 5.74) is -0.750. The highest BCUT2D eigenvalue weighted by Crippen LogP contribution is 2.49. The minimum absolute atomic E-state index is 0.174. The van der Waals surface area contributed by atoms with Crippen molar-refractivity contribution in [3.8, 4) is 0 Å². The minimum atomic E-state index is -0.576. The Hall–Kier alpha value is 0.270. The van der Waals surface area contributed by atoms with Crippen molar-refractivity contribution in [2.75, 3.05) is 18.1 Å². The van der Waals surface area contributed by atoms with Crippen LogP contribution >= 0.6 is 11.8 Å². The molecule has 0 amide bonds. The lowest BCUT2D eigenvalue weighted by molar-refractivity contribution is -0.132. The van der Waals surface area contributed by atoms with Gasteiger partial charge in [0, 0.05) is 5.41 Å². The van der Waals surface area contributed by atoms with Gasteiger partial charge in [-0.15, -0.1) is 0 Å². The summed E-state index contributed by atoms with van der Waals surface area (Å²) in [5, 5.41) is 20.5. The summed E-state index contributed by atoms with van der Waals surface area (Å²) in [6.07, 6.45) is 7.41. The molecule has 0 aromatic heterocycles. The largest absolute Gasteiger partial charge is 0.396 e. The Morgan fingerprint density at radius 1 is 0.933 bits per heavy atom. The molecule has 0 spiro atoms. The third kappa shape index (κ3) is 2.06. The lowest BCUT2D eigenvalue weighted by Gasteiger charge is -2.50. The molecule has 88 valence electrons. The van der Waals surface area contributed by atoms with Crippen LogP contribution in [0.3, 0.4) is 0 Å². The first-order valence-electron chi connectivity index (χ1n) is 6.13. The molecular weight excluding hydrogens is 208 g/mol. The molecule has 1 heterocycles. The van der Waals surface area contributed by atoms with Gasteiger partial charge in [0.15, 0.2) is 0 Å². The standard InChI is InChI=1S/C12H22O2S/c13-10-11(4-2-1-3-5-11)12(14)6-8-15-9-7-12/h13-14H,1-10H2. The van der Waals surface area contributed by atoms with Crippen molar-refractivity contribution in [2.24, 2.45) is 5.41 Å². The van der Waals surface area contributed by atoms with Crippen molar-refractivity contribution < 1.29 is 10.2 Å². The summed E-state index contributed by atoms with van der Waals surface area (Å²) < 4.78 is 0. The molecule has 0 aromatic rings. The van der Waals surface area contributed by atoms with Crippen LogP contribution < -0.4 is 0 Å². The molecule has 3 heteroatoms. The van der Waals surface area contributed by atoms with Crippen LogP contribution in [0.15, 0.2) is 0 Å². The lowest BCUT2D eigenvalue weighted by atomic mass is 9.61. The topological polar surface area (TPSA) is 40.5 Å². The Kier molecular flexibility index (Phi) is 3.63. The maximum absolute atomic E-state index is 10.8. The van der Waals surface area contributed by atoms with E-state index in [1.54, 1.807) is 0 Å². The molecule has 1 aliphatic carbocycles. The van der Waals surface area contributed by atoms with Gasteiger partial charge in [0.2, 0.25) is 0 Å². The minimum Gasteiger partial charge on any atom is -0.396 e. The van der Waals surface area contributed by atoms with Gasteiger partial charge in [-0.25, -0.2) is 0 Å². The Morgan fingerprint density at radius 2 is 1.53 bits per heavy atom. The second-order valence-electron chi connectivity index (χ2n) is 5.14. The van der Waals surface area contributed by atoms with Crippen LogP contribution in [-0.2, 0) is 0 Å². The average molecular weight is 230 g/mol. The van der Waals surface area contributed by atoms with Crippen LogP contribution in [0.1, 0.15) is 44.9 Å². The molecule has 0 unspecified atom stereocenters. The van der Waals surface area contributed by atoms with Gasteiger partial charge in [-0.05, 0) is 37.2 Å². The summed E-state index contributed by atoms with van der Waals surface area (Å²) >= 11 is 1.93. The molecule has 2 fully saturated rings. The summed E-state index contributed by atoms with van der Waals surface area (Å²) in [5.74, 6) is 2.11. The van der Waals surface area contributed by atoms with Gasteiger partial charge in [-0.3, -0.25) is 0 Å². The van der Waals surface area contributed by atoms with E-state index in [9.17, 15) is 10.2 Å². The molecule has 1 aliphatic heterocycles. The second kappa shape index (κ2) is 4.64. The average Bonchev–Trinajstić information content (AvgIpc) is 2.31. The first kappa shape index (κ1) is 11.7. The zero-order chi connectivity index (χ0) is 10.8. The molecule has 2 N–H and O–H groups in total. The van der Waals surface area contributed by atoms with E-state index in [-0.39, 0.29) is 12.0 Å². The molecule has 15 heavy (non-hydrogen) atoms. The first-order chi connectivity index (χ1) is 7.22. The fraction of sp³-hybridized carbons (Fsp3) is 1.00. The highest BCUT2D eigenvalue weighted by atomic mass is 32.2. The van der Waals surface area contributed by atoms with Gasteiger partial charge >= 0.3 is 0 Å². The molecule has 0 aromatic carbocycles. The predicted molar refractivity (Wildman–Crippen MR) is 64.1 cm³/mol. The van der Waals surface area contributed by atoms with Crippen molar-refractivity contribution in [2.45, 2.75) is 50.5 Å². The van der Waals surface area contributed by atoms with Gasteiger partial charge in [0.25, 0.3) is 0 Å². The van der Waals surface area contributed by atoms with Crippen molar-refractivity contribution in [3.63, 3.8) is 0 Å². The van der Waals surface area contributed by atoms with Crippen LogP contribution in [0.25, 0.3) is 0 Å². The van der Waals surface area contributed by atoms with E-state index in [4.69, 9.17) is 0 Å². The fourth-order valence-electron chi connectivity index (χ4n) is 3.24. The van der Waals surface area contributed by atoms with Crippen molar-refractivity contribution in [3.05, 3.63) is 0 Å². The number of thioether (sulfide) groups is 1. The molecule has 1 saturated carbocycles. The quantitative estimate of drug-likeness (QED) is 0.764. The predicted octanol–water partition coefficient (Wildman–Crippen LogP) is 2.19. The molecule has 2 rings (SSSR count). The van der Waals surface area contributed by atoms with Gasteiger partial charge in [-0.1, -0.05) is 19.3 Å². The molecule has 0 radical (unpaired) electrons. The van der Waals surface area contributed by atoms with Gasteiger partial charge in [0.1, 0.15) is 0 Å². The van der Waals surface area contributed by atoms with Gasteiger partial charge in [-0.2, -0.15) is 11.8 Å². The van der Waals surface area contributed by atoms with Crippen LogP contribution in [0.5, 0.6) is 0 Å². The maximum atomic E-state index is 10.8. The van der Waals surface area contributed by atoms with Crippen molar-refractivity contribution in [1.29, 1.82) is 0 Å². The SMILES string of the molecule is OCC1(C2(O)CCSCC2)CCCCC1. The zero-order valence-corrected chi connectivity index (χ0v) is 10.2. The third-order valence-electron chi connectivity index (χ3n) is 4.42. The summed E-state index contributed by atoms with van der Waals surface area (Å²) in [6.45, 7) is 0.175. The maximum Gasteiger partial charge on any atom is 0.0741 e. The van der Waals surface area contributed by atoms with E-state index in [1.165, 1.54) is 19.3 Å². The Balaban J connectivity index is 2.15. The third-order valence-corrected chi connectivity index (χ3v) is 5.41. The number of aliphatic hydroxyl groups excluding tert-OH is 1. The summed E-state index contributed by atoms with van der Waals surface area (Å²) in [4.78, 5) is 0. The normalized spacial score (nSPS) is 30.0. The zero-order valence-electron chi connectivity index (χ0n) is 9.37. The van der Waals surface area contributed by atoms with E-state index in [2.05, 4.69) is 0 Å². The van der Waals surface area contributed by atoms with E-state index < -0.39 is 5.60 Å². The fourth-order valence-corrected chi connectivity index (χ4v) is 4.41. The monoisotopic (exact) mass is 230 g/mol. The smallest absolute Gasteiger partial charge is 0.0741 e. The summed E-state index contributed by atoms with van der Waals surface area (Å²) in [7, 11) is 0. The van der Waals surface area contributed by atoms with Crippen LogP contribution in [0.2, 0.25) is 0 Å². The van der Waals surface area contributed by atoms with Crippen LogP contribution in [-0.4, -0.2) is 33.9 Å². The van der Waals surface area contributed by atoms with E-state index in [0.717, 1.165) is 37.2 Å². The molecule has 1 saturated heterocycles. The molecule has 2 nitrogen and oxygen atoms in total. The van der Waals surface area contributed by atoms with Gasteiger partial charge in [0.05, 0.1) is 12.2 Å². The number of hydrogen-bond donors (Lipinski definition) is 2. The highest BCUT2D eigenvalue weighted by Gasteiger charge is 2.50. The molecule has 0 atom stereocenters. The van der Waals surface area contributed by atoms with E-state index >= 15 is 0 Å². The van der Waals surface area contributed by atoms with Gasteiger partial charge < -0.3 is 10.2 Å². The molecule has 0 bridgehead atoms. The van der Waals surface area contributed by atoms with Crippen molar-refractivity contribution in [1.82, 2.24) is 0 Å². The Bertz CT molecular complexity index is 206. The lowest BCUT2D eigenvalue weighted by Crippen LogP contribution is -2.53. The molecular formula is C12H22O2S. The second-order valence-corrected chi connectivity index (χ2v) is 6.37. The first-order valence-corrected chi connectivity index (χ1v) is 7.29. The van der Waals surface area contributed by atoms with E-state index in [1.807, 2.05) is 11.8 Å². The number of aliphatic hydroxyl groups is 2. The van der Waals surface area contributed by atoms with E-state index in [0.29, 0.717) is 0 Å². The van der Waals surface area contributed by atoms with Crippen LogP contribution in [0, 0.1) is 5.41 Å². The molecule has 2 aliphatic rings. The van der Waals surface area contributed by atoms with Crippen LogP contribution in [0.4, 0.5) is 0 Å². The highest BCUT2D eigenvalue weighted by molar-refractivity contribution is 7.99. The summed E-state index contributed by atoms with van der Waals surface area (Å²) in [6, 6.07) is 0. The Labute approximate surface area is 96.5 Å². The Morgan fingerprint density at radius 3 is 2.07 bits per heavy atom. The number of rotatable bonds is 2.